The number of allylic oxidation sites excluding steroid dienone is 2. The van der Waals surface area contributed by atoms with Gasteiger partial charge in [-0.2, -0.15) is 0 Å². The van der Waals surface area contributed by atoms with Crippen LogP contribution in [0.5, 0.6) is 0 Å². The van der Waals surface area contributed by atoms with Gasteiger partial charge in [-0.15, -0.1) is 0 Å². The SMILES string of the molecule is C=C/C=c1/c(/C=C\C)c(C=C)cc/c1=C/C. The molecule has 0 fully saturated rings. The summed E-state index contributed by atoms with van der Waals surface area (Å²) >= 11 is 0. The van der Waals surface area contributed by atoms with E-state index in [4.69, 9.17) is 0 Å². The van der Waals surface area contributed by atoms with Gasteiger partial charge in [0.25, 0.3) is 0 Å². The molecule has 0 radical (unpaired) electrons. The first-order valence-electron chi connectivity index (χ1n) is 5.45. The summed E-state index contributed by atoms with van der Waals surface area (Å²) in [6.07, 6.45) is 12.0. The average Bonchev–Trinajstić information content (AvgIpc) is 2.31. The van der Waals surface area contributed by atoms with Gasteiger partial charge < -0.3 is 0 Å². The van der Waals surface area contributed by atoms with Crippen molar-refractivity contribution in [3.63, 3.8) is 0 Å². The minimum absolute atomic E-state index is 1.15. The fourth-order valence-electron chi connectivity index (χ4n) is 1.76. The van der Waals surface area contributed by atoms with Crippen LogP contribution >= 0.6 is 0 Å². The lowest BCUT2D eigenvalue weighted by Gasteiger charge is -2.03. The van der Waals surface area contributed by atoms with Crippen LogP contribution < -0.4 is 10.4 Å². The third kappa shape index (κ3) is 2.40. The largest absolute Gasteiger partial charge is 0.0990 e. The van der Waals surface area contributed by atoms with Crippen molar-refractivity contribution in [2.45, 2.75) is 13.8 Å². The first-order chi connectivity index (χ1) is 7.78. The maximum atomic E-state index is 3.85. The second-order valence-corrected chi connectivity index (χ2v) is 3.47. The second-order valence-electron chi connectivity index (χ2n) is 3.47. The molecule has 0 unspecified atom stereocenters. The Kier molecular flexibility index (Phi) is 4.53. The van der Waals surface area contributed by atoms with E-state index in [0.717, 1.165) is 5.56 Å². The van der Waals surface area contributed by atoms with E-state index in [1.165, 1.54) is 16.0 Å². The molecule has 0 nitrogen and oxygen atoms in total. The van der Waals surface area contributed by atoms with Crippen LogP contribution in [-0.2, 0) is 0 Å². The Morgan fingerprint density at radius 3 is 2.38 bits per heavy atom. The van der Waals surface area contributed by atoms with Crippen LogP contribution in [0.25, 0.3) is 24.3 Å². The molecule has 0 heteroatoms. The van der Waals surface area contributed by atoms with Crippen molar-refractivity contribution >= 4 is 24.3 Å². The van der Waals surface area contributed by atoms with E-state index in [0.29, 0.717) is 0 Å². The van der Waals surface area contributed by atoms with Crippen LogP contribution in [0.15, 0.2) is 37.4 Å². The van der Waals surface area contributed by atoms with Crippen molar-refractivity contribution < 1.29 is 0 Å². The van der Waals surface area contributed by atoms with Crippen molar-refractivity contribution in [1.29, 1.82) is 0 Å². The first-order valence-corrected chi connectivity index (χ1v) is 5.45. The number of hydrogen-bond acceptors (Lipinski definition) is 0. The Balaban J connectivity index is 3.81. The molecule has 1 aromatic carbocycles. The van der Waals surface area contributed by atoms with Crippen molar-refractivity contribution in [1.82, 2.24) is 0 Å². The van der Waals surface area contributed by atoms with Gasteiger partial charge in [-0.05, 0) is 35.4 Å². The summed E-state index contributed by atoms with van der Waals surface area (Å²) in [5.41, 5.74) is 2.35. The zero-order chi connectivity index (χ0) is 12.0. The van der Waals surface area contributed by atoms with Crippen molar-refractivity contribution in [3.05, 3.63) is 59.0 Å². The average molecular weight is 210 g/mol. The van der Waals surface area contributed by atoms with E-state index >= 15 is 0 Å². The number of rotatable bonds is 3. The van der Waals surface area contributed by atoms with Crippen LogP contribution in [0, 0.1) is 0 Å². The monoisotopic (exact) mass is 210 g/mol. The Morgan fingerprint density at radius 2 is 1.88 bits per heavy atom. The van der Waals surface area contributed by atoms with E-state index in [2.05, 4.69) is 37.4 Å². The Morgan fingerprint density at radius 1 is 1.12 bits per heavy atom. The molecular weight excluding hydrogens is 192 g/mol. The summed E-state index contributed by atoms with van der Waals surface area (Å²) < 4.78 is 0. The fourth-order valence-corrected chi connectivity index (χ4v) is 1.76. The molecule has 82 valence electrons. The van der Waals surface area contributed by atoms with Gasteiger partial charge in [-0.3, -0.25) is 0 Å². The maximum absolute atomic E-state index is 3.85. The zero-order valence-corrected chi connectivity index (χ0v) is 10.0. The lowest BCUT2D eigenvalue weighted by atomic mass is 10.0. The summed E-state index contributed by atoms with van der Waals surface area (Å²) in [5, 5.41) is 2.42. The van der Waals surface area contributed by atoms with Gasteiger partial charge in [0.1, 0.15) is 0 Å². The van der Waals surface area contributed by atoms with Gasteiger partial charge in [0.15, 0.2) is 0 Å². The Bertz CT molecular complexity index is 528. The highest BCUT2D eigenvalue weighted by atomic mass is 14.0. The molecule has 0 spiro atoms. The summed E-state index contributed by atoms with van der Waals surface area (Å²) in [4.78, 5) is 0. The minimum Gasteiger partial charge on any atom is -0.0990 e. The molecule has 0 amide bonds. The van der Waals surface area contributed by atoms with Gasteiger partial charge >= 0.3 is 0 Å². The van der Waals surface area contributed by atoms with Crippen LogP contribution in [0.4, 0.5) is 0 Å². The van der Waals surface area contributed by atoms with Crippen LogP contribution in [0.2, 0.25) is 0 Å². The highest BCUT2D eigenvalue weighted by Gasteiger charge is 1.98. The smallest absolute Gasteiger partial charge is 0.0109 e. The molecule has 0 aliphatic carbocycles. The standard InChI is InChI=1S/C16H18/c1-5-9-15-13(7-3)11-12-14(8-4)16(15)10-6-2/h5-12H,1,4H2,2-3H3/b10-6-,13-7-,15-9+. The fraction of sp³-hybridized carbons (Fsp3) is 0.125. The highest BCUT2D eigenvalue weighted by Crippen LogP contribution is 2.06. The summed E-state index contributed by atoms with van der Waals surface area (Å²) in [6.45, 7) is 11.7. The lowest BCUT2D eigenvalue weighted by Crippen LogP contribution is -2.27. The van der Waals surface area contributed by atoms with E-state index in [-0.39, 0.29) is 0 Å². The molecule has 0 N–H and O–H groups in total. The number of hydrogen-bond donors (Lipinski definition) is 0. The molecule has 0 heterocycles. The lowest BCUT2D eigenvalue weighted by molar-refractivity contribution is 1.45. The molecule has 0 saturated heterocycles. The van der Waals surface area contributed by atoms with Crippen LogP contribution in [0.3, 0.4) is 0 Å². The van der Waals surface area contributed by atoms with E-state index in [1.807, 2.05) is 38.2 Å². The molecule has 1 rings (SSSR count). The molecule has 1 aromatic rings. The van der Waals surface area contributed by atoms with Crippen molar-refractivity contribution in [3.8, 4) is 0 Å². The summed E-state index contributed by atoms with van der Waals surface area (Å²) in [6, 6.07) is 4.21. The Hall–Kier alpha value is -1.82. The maximum Gasteiger partial charge on any atom is -0.0109 e. The molecule has 0 aromatic heterocycles. The Labute approximate surface area is 97.6 Å². The molecule has 16 heavy (non-hydrogen) atoms. The molecule has 0 saturated carbocycles. The number of benzene rings is 1. The van der Waals surface area contributed by atoms with Gasteiger partial charge in [-0.1, -0.05) is 61.7 Å². The molecular formula is C16H18. The topological polar surface area (TPSA) is 0 Å². The van der Waals surface area contributed by atoms with E-state index in [9.17, 15) is 0 Å². The van der Waals surface area contributed by atoms with Crippen molar-refractivity contribution in [2.75, 3.05) is 0 Å². The van der Waals surface area contributed by atoms with Gasteiger partial charge in [0.05, 0.1) is 0 Å². The van der Waals surface area contributed by atoms with Crippen molar-refractivity contribution in [2.24, 2.45) is 0 Å². The predicted molar refractivity (Wildman–Crippen MR) is 75.3 cm³/mol. The van der Waals surface area contributed by atoms with Gasteiger partial charge in [-0.25, -0.2) is 0 Å². The molecule has 0 aliphatic heterocycles. The van der Waals surface area contributed by atoms with Crippen LogP contribution in [-0.4, -0.2) is 0 Å². The van der Waals surface area contributed by atoms with Crippen LogP contribution in [0.1, 0.15) is 25.0 Å². The van der Waals surface area contributed by atoms with E-state index in [1.54, 1.807) is 0 Å². The quantitative estimate of drug-likeness (QED) is 0.719. The third-order valence-electron chi connectivity index (χ3n) is 2.50. The predicted octanol–water partition coefficient (Wildman–Crippen LogP) is 3.13. The highest BCUT2D eigenvalue weighted by molar-refractivity contribution is 5.66. The van der Waals surface area contributed by atoms with Gasteiger partial charge in [0.2, 0.25) is 0 Å². The molecule has 0 atom stereocenters. The third-order valence-corrected chi connectivity index (χ3v) is 2.50. The minimum atomic E-state index is 1.15. The summed E-state index contributed by atoms with van der Waals surface area (Å²) in [5.74, 6) is 0. The summed E-state index contributed by atoms with van der Waals surface area (Å²) in [7, 11) is 0. The molecule has 0 bridgehead atoms. The molecule has 0 aliphatic rings. The van der Waals surface area contributed by atoms with E-state index < -0.39 is 0 Å². The first kappa shape index (κ1) is 12.3. The van der Waals surface area contributed by atoms with Gasteiger partial charge in [0, 0.05) is 0 Å². The zero-order valence-electron chi connectivity index (χ0n) is 10.0. The second kappa shape index (κ2) is 5.92. The normalized spacial score (nSPS) is 13.4.